The highest BCUT2D eigenvalue weighted by Crippen LogP contribution is 2.37. The molecule has 45 nitrogen and oxygen atoms in total. The van der Waals surface area contributed by atoms with Crippen LogP contribution < -0.4 is 58.9 Å². The number of carbonyl (C=O) groups excluding carboxylic acids is 10. The average molecular weight is 1570 g/mol. The van der Waals surface area contributed by atoms with E-state index in [-0.39, 0.29) is 58.2 Å². The van der Waals surface area contributed by atoms with Crippen molar-refractivity contribution < 1.29 is 151 Å². The van der Waals surface area contributed by atoms with Crippen LogP contribution >= 0.6 is 0 Å². The number of aliphatic hydroxyl groups is 8. The first-order chi connectivity index (χ1) is 51.6. The quantitative estimate of drug-likeness (QED) is 0.0117. The number of hydrogen-bond donors (Lipinski definition) is 21. The van der Waals surface area contributed by atoms with Crippen molar-refractivity contribution in [2.75, 3.05) is 52.6 Å². The van der Waals surface area contributed by atoms with Gasteiger partial charge < -0.3 is 153 Å². The van der Waals surface area contributed by atoms with E-state index >= 15 is 0 Å². The van der Waals surface area contributed by atoms with Gasteiger partial charge in [0.15, 0.2) is 25.2 Å². The third-order valence-electron chi connectivity index (χ3n) is 17.8. The standard InChI is InChI=1S/C64H108N14O31/c1-27(55(92)67-21-14-18-42(88)77-36(60(98)99)16-10-12-22-69-78-66)70-57(94)29(3)101-53-45(74-33(7)85)61(100)103-39(25-81)51(53)108-63-44(73-32(6)84)49(91)50(38(24-80)105-63)107-64-46(75-34(8)86)54(52(40(26-82)106-64)109-62-43(72-31(5)83)48(90)47(89)37(23-79)104-62)102-30(4)58(95)71-28(2)56(93)68-20-13-17-41(87)76-35(59(96)97)15-9-11-19-65/h27-30,35-40,43-54,61-64,79-82,89-91,100H,9-26,65H2,1-8H3,(H,67,92)(H,68,93)(H,70,94)(H,71,95)(H,72,83)(H,73,84)(H,74,85)(H,75,86)(H,76,87)(H,77,88)(H,96,97)(H,98,99)/t27-,28-,29+,30+,35-,36?,37+,38+,39+,40+,43+,44+,45+,46+,47+,48+,49+,50+,51?,52?,53+,54+,61?,62-,63-,64-/m0/s1. The summed E-state index contributed by atoms with van der Waals surface area (Å²) in [4.78, 5) is 158. The molecule has 620 valence electrons. The van der Waals surface area contributed by atoms with E-state index in [1.165, 1.54) is 27.7 Å². The van der Waals surface area contributed by atoms with E-state index < -0.39 is 256 Å². The van der Waals surface area contributed by atoms with E-state index in [2.05, 4.69) is 63.2 Å². The Bertz CT molecular complexity index is 3060. The number of amides is 10. The molecule has 4 rings (SSSR count). The third-order valence-corrected chi connectivity index (χ3v) is 17.8. The Hall–Kier alpha value is -7.77. The molecule has 26 atom stereocenters. The van der Waals surface area contributed by atoms with Gasteiger partial charge in [-0.1, -0.05) is 11.5 Å². The van der Waals surface area contributed by atoms with Gasteiger partial charge in [0.1, 0.15) is 134 Å². The van der Waals surface area contributed by atoms with E-state index in [1.54, 1.807) is 0 Å². The highest BCUT2D eigenvalue weighted by molar-refractivity contribution is 5.90. The lowest BCUT2D eigenvalue weighted by molar-refractivity contribution is -0.365. The summed E-state index contributed by atoms with van der Waals surface area (Å²) in [6, 6.07) is -12.1. The molecule has 4 aliphatic rings. The van der Waals surface area contributed by atoms with Crippen LogP contribution in [0.15, 0.2) is 5.11 Å². The molecule has 10 amide bonds. The number of aliphatic carboxylic acids is 2. The molecule has 4 fully saturated rings. The molecule has 4 saturated heterocycles. The molecule has 0 aromatic rings. The number of hydrogen-bond acceptors (Lipinski definition) is 31. The minimum atomic E-state index is -2.17. The zero-order valence-electron chi connectivity index (χ0n) is 61.7. The molecular weight excluding hydrogens is 1460 g/mol. The maximum Gasteiger partial charge on any atom is 0.326 e. The summed E-state index contributed by atoms with van der Waals surface area (Å²) in [5, 5.41) is 136. The number of nitrogens with zero attached hydrogens (tertiary/aromatic N) is 3. The molecule has 45 heteroatoms. The SMILES string of the molecule is CC(=O)N[C@H]1[C@H](OC2[C@@H](CO)OC(O)[C@H](NC(C)=O)[C@H]2O[C@H](C)C(=O)N[C@@H](C)C(=O)NCCCC(=O)NC(CCCCN=[N+]=[N-])C(=O)O)O[C@H](CO)[C@@H](O[C@@H]2O[C@H](CO)C(O[C@@H]3O[C@H](CO)[C@@H](O)[C@H](O)[C@H]3NC(C)=O)[C@H](O[C@H](C)C(=O)N[C@@H](C)C(=O)NCCCC(=O)N[C@@H](CCCCN)C(=O)O)[C@H]2NC(C)=O)[C@@H]1O. The number of ether oxygens (including phenoxy) is 9. The number of azide groups is 1. The molecule has 4 aliphatic heterocycles. The van der Waals surface area contributed by atoms with Gasteiger partial charge in [-0.2, -0.15) is 0 Å². The zero-order chi connectivity index (χ0) is 81.5. The summed E-state index contributed by atoms with van der Waals surface area (Å²) in [6.07, 6.45) is -32.1. The fourth-order valence-electron chi connectivity index (χ4n) is 12.2. The van der Waals surface area contributed by atoms with Crippen molar-refractivity contribution in [3.05, 3.63) is 10.4 Å². The van der Waals surface area contributed by atoms with Crippen LogP contribution in [0.5, 0.6) is 0 Å². The highest BCUT2D eigenvalue weighted by Gasteiger charge is 2.58. The van der Waals surface area contributed by atoms with E-state index in [9.17, 15) is 109 Å². The molecular formula is C64H108N14O31. The average Bonchev–Trinajstić information content (AvgIpc) is 0.765. The molecule has 0 bridgehead atoms. The van der Waals surface area contributed by atoms with Crippen LogP contribution in [0.2, 0.25) is 0 Å². The maximum atomic E-state index is 14.2. The maximum absolute atomic E-state index is 14.2. The number of carboxylic acids is 2. The van der Waals surface area contributed by atoms with Gasteiger partial charge in [0.05, 0.1) is 26.4 Å². The minimum Gasteiger partial charge on any atom is -0.480 e. The van der Waals surface area contributed by atoms with Crippen molar-refractivity contribution >= 4 is 71.0 Å². The molecule has 4 unspecified atom stereocenters. The van der Waals surface area contributed by atoms with Crippen LogP contribution in [0.1, 0.15) is 120 Å². The number of rotatable bonds is 45. The van der Waals surface area contributed by atoms with Gasteiger partial charge >= 0.3 is 11.9 Å². The fraction of sp³-hybridized carbons (Fsp3) is 0.812. The second-order valence-electron chi connectivity index (χ2n) is 26.5. The smallest absolute Gasteiger partial charge is 0.326 e. The van der Waals surface area contributed by atoms with Crippen molar-refractivity contribution in [1.82, 2.24) is 53.2 Å². The van der Waals surface area contributed by atoms with Gasteiger partial charge in [0, 0.05) is 65.1 Å². The van der Waals surface area contributed by atoms with Crippen LogP contribution in [0, 0.1) is 0 Å². The molecule has 22 N–H and O–H groups in total. The van der Waals surface area contributed by atoms with Crippen LogP contribution in [-0.2, 0) is 100 Å². The van der Waals surface area contributed by atoms with Crippen LogP contribution in [0.4, 0.5) is 0 Å². The highest BCUT2D eigenvalue weighted by atomic mass is 16.8. The first-order valence-corrected chi connectivity index (χ1v) is 35.6. The summed E-state index contributed by atoms with van der Waals surface area (Å²) < 4.78 is 55.8. The summed E-state index contributed by atoms with van der Waals surface area (Å²) in [6.45, 7) is 5.05. The van der Waals surface area contributed by atoms with Crippen molar-refractivity contribution in [3.63, 3.8) is 0 Å². The van der Waals surface area contributed by atoms with Gasteiger partial charge in [-0.25, -0.2) is 9.59 Å². The molecule has 0 spiro atoms. The second-order valence-corrected chi connectivity index (χ2v) is 26.5. The fourth-order valence-corrected chi connectivity index (χ4v) is 12.2. The van der Waals surface area contributed by atoms with Crippen LogP contribution in [-0.4, -0.2) is 334 Å². The van der Waals surface area contributed by atoms with Gasteiger partial charge in [-0.15, -0.1) is 0 Å². The number of aliphatic hydroxyl groups excluding tert-OH is 8. The van der Waals surface area contributed by atoms with Crippen molar-refractivity contribution in [3.8, 4) is 0 Å². The topological polar surface area (TPSA) is 685 Å². The summed E-state index contributed by atoms with van der Waals surface area (Å²) >= 11 is 0. The molecule has 4 heterocycles. The van der Waals surface area contributed by atoms with E-state index in [0.717, 1.165) is 27.7 Å². The molecule has 0 aliphatic carbocycles. The summed E-state index contributed by atoms with van der Waals surface area (Å²) in [5.41, 5.74) is 13.9. The Labute approximate surface area is 626 Å². The molecule has 0 aromatic heterocycles. The van der Waals surface area contributed by atoms with E-state index in [0.29, 0.717) is 32.2 Å². The molecule has 0 saturated carbocycles. The zero-order valence-corrected chi connectivity index (χ0v) is 61.7. The van der Waals surface area contributed by atoms with E-state index in [1.807, 2.05) is 0 Å². The van der Waals surface area contributed by atoms with Crippen LogP contribution in [0.25, 0.3) is 10.4 Å². The molecule has 0 aromatic carbocycles. The predicted octanol–water partition coefficient (Wildman–Crippen LogP) is -8.80. The summed E-state index contributed by atoms with van der Waals surface area (Å²) in [5.74, 6) is -10.7. The van der Waals surface area contributed by atoms with Gasteiger partial charge in [-0.3, -0.25) is 47.9 Å². The lowest BCUT2D eigenvalue weighted by atomic mass is 9.92. The normalized spacial score (nSPS) is 29.8. The van der Waals surface area contributed by atoms with Crippen molar-refractivity contribution in [1.29, 1.82) is 0 Å². The molecule has 0 radical (unpaired) electrons. The largest absolute Gasteiger partial charge is 0.480 e. The number of unbranched alkanes of at least 4 members (excludes halogenated alkanes) is 2. The predicted molar refractivity (Wildman–Crippen MR) is 367 cm³/mol. The number of carboxylic acid groups (broad SMARTS) is 2. The first kappa shape index (κ1) is 93.6. The number of nitrogens with one attached hydrogen (secondary N) is 10. The third kappa shape index (κ3) is 29.1. The lowest BCUT2D eigenvalue weighted by Crippen LogP contribution is -2.72. The lowest BCUT2D eigenvalue weighted by Gasteiger charge is -2.52. The van der Waals surface area contributed by atoms with Gasteiger partial charge in [0.25, 0.3) is 0 Å². The molecule has 109 heavy (non-hydrogen) atoms. The van der Waals surface area contributed by atoms with Crippen molar-refractivity contribution in [2.24, 2.45) is 10.8 Å². The van der Waals surface area contributed by atoms with Gasteiger partial charge in [-0.05, 0) is 84.7 Å². The number of carbonyl (C=O) groups is 12. The Morgan fingerprint density at radius 1 is 0.459 bits per heavy atom. The Balaban J connectivity index is 1.65. The Kier molecular flexibility index (Phi) is 40.2. The van der Waals surface area contributed by atoms with Gasteiger partial charge in [0.2, 0.25) is 59.1 Å². The first-order valence-electron chi connectivity index (χ1n) is 35.6. The van der Waals surface area contributed by atoms with E-state index in [4.69, 9.17) is 53.9 Å². The Morgan fingerprint density at radius 3 is 1.26 bits per heavy atom. The summed E-state index contributed by atoms with van der Waals surface area (Å²) in [7, 11) is 0. The second kappa shape index (κ2) is 46.8. The van der Waals surface area contributed by atoms with Crippen molar-refractivity contribution in [2.45, 2.75) is 279 Å². The Morgan fingerprint density at radius 2 is 0.835 bits per heavy atom. The minimum absolute atomic E-state index is 0.0351. The monoisotopic (exact) mass is 1570 g/mol. The van der Waals surface area contributed by atoms with Crippen LogP contribution in [0.3, 0.4) is 0 Å². The number of nitrogens with two attached hydrogens (primary N) is 1.